The quantitative estimate of drug-likeness (QED) is 0.207. The van der Waals surface area contributed by atoms with Gasteiger partial charge in [-0.2, -0.15) is 0 Å². The SMILES string of the molecule is CCCCCCCOC(=O)CCCCCCCCC(=O)OCc1cc(F)ccc1F. The van der Waals surface area contributed by atoms with Crippen LogP contribution in [0.4, 0.5) is 8.78 Å². The molecule has 0 fully saturated rings. The molecule has 30 heavy (non-hydrogen) atoms. The van der Waals surface area contributed by atoms with Crippen molar-refractivity contribution in [2.75, 3.05) is 6.61 Å². The maximum atomic E-state index is 13.5. The Bertz CT molecular complexity index is 619. The van der Waals surface area contributed by atoms with Crippen molar-refractivity contribution in [2.24, 2.45) is 0 Å². The summed E-state index contributed by atoms with van der Waals surface area (Å²) in [5, 5.41) is 0. The summed E-state index contributed by atoms with van der Waals surface area (Å²) in [5.41, 5.74) is 0.0402. The molecule has 0 atom stereocenters. The van der Waals surface area contributed by atoms with E-state index in [0.717, 1.165) is 63.1 Å². The molecule has 4 nitrogen and oxygen atoms in total. The largest absolute Gasteiger partial charge is 0.466 e. The first-order chi connectivity index (χ1) is 14.5. The highest BCUT2D eigenvalue weighted by molar-refractivity contribution is 5.69. The summed E-state index contributed by atoms with van der Waals surface area (Å²) in [6, 6.07) is 3.08. The third kappa shape index (κ3) is 13.3. The van der Waals surface area contributed by atoms with E-state index in [-0.39, 0.29) is 24.6 Å². The van der Waals surface area contributed by atoms with Gasteiger partial charge in [-0.15, -0.1) is 0 Å². The number of rotatable bonds is 17. The molecule has 0 radical (unpaired) electrons. The van der Waals surface area contributed by atoms with Gasteiger partial charge in [0.1, 0.15) is 18.2 Å². The van der Waals surface area contributed by atoms with E-state index in [1.165, 1.54) is 19.3 Å². The van der Waals surface area contributed by atoms with Crippen LogP contribution in [0.5, 0.6) is 0 Å². The number of carbonyl (C=O) groups excluding carboxylic acids is 2. The van der Waals surface area contributed by atoms with Crippen LogP contribution in [0.2, 0.25) is 0 Å². The second-order valence-electron chi connectivity index (χ2n) is 7.65. The van der Waals surface area contributed by atoms with Crippen molar-refractivity contribution >= 4 is 11.9 Å². The Kier molecular flexibility index (Phi) is 14.6. The number of hydrogen-bond acceptors (Lipinski definition) is 4. The number of ether oxygens (including phenoxy) is 2. The Hall–Kier alpha value is -1.98. The van der Waals surface area contributed by atoms with Gasteiger partial charge in [0.15, 0.2) is 0 Å². The minimum absolute atomic E-state index is 0.0402. The Labute approximate surface area is 179 Å². The van der Waals surface area contributed by atoms with Gasteiger partial charge in [0.25, 0.3) is 0 Å². The first kappa shape index (κ1) is 26.1. The number of esters is 2. The fraction of sp³-hybridized carbons (Fsp3) is 0.667. The lowest BCUT2D eigenvalue weighted by molar-refractivity contribution is -0.145. The van der Waals surface area contributed by atoms with Crippen molar-refractivity contribution in [3.63, 3.8) is 0 Å². The van der Waals surface area contributed by atoms with Gasteiger partial charge < -0.3 is 9.47 Å². The normalized spacial score (nSPS) is 10.8. The van der Waals surface area contributed by atoms with Crippen LogP contribution in [0.25, 0.3) is 0 Å². The summed E-state index contributed by atoms with van der Waals surface area (Å²) in [6.45, 7) is 2.45. The molecule has 0 aliphatic carbocycles. The van der Waals surface area contributed by atoms with Crippen molar-refractivity contribution in [1.82, 2.24) is 0 Å². The summed E-state index contributed by atoms with van der Waals surface area (Å²) in [5.74, 6) is -1.66. The lowest BCUT2D eigenvalue weighted by Gasteiger charge is -2.06. The summed E-state index contributed by atoms with van der Waals surface area (Å²) >= 11 is 0. The zero-order chi connectivity index (χ0) is 22.0. The topological polar surface area (TPSA) is 52.6 Å². The van der Waals surface area contributed by atoms with Crippen LogP contribution >= 0.6 is 0 Å². The van der Waals surface area contributed by atoms with Crippen molar-refractivity contribution in [3.05, 3.63) is 35.4 Å². The molecule has 0 unspecified atom stereocenters. The van der Waals surface area contributed by atoms with Gasteiger partial charge >= 0.3 is 11.9 Å². The smallest absolute Gasteiger partial charge is 0.306 e. The van der Waals surface area contributed by atoms with Crippen LogP contribution in [0.15, 0.2) is 18.2 Å². The van der Waals surface area contributed by atoms with Crippen LogP contribution in [-0.2, 0) is 25.7 Å². The molecule has 6 heteroatoms. The molecule has 0 saturated carbocycles. The van der Waals surface area contributed by atoms with E-state index in [1.807, 2.05) is 0 Å². The summed E-state index contributed by atoms with van der Waals surface area (Å²) in [6.07, 6.45) is 11.8. The van der Waals surface area contributed by atoms with Crippen molar-refractivity contribution in [2.45, 2.75) is 97.0 Å². The van der Waals surface area contributed by atoms with Crippen molar-refractivity contribution < 1.29 is 27.8 Å². The first-order valence-electron chi connectivity index (χ1n) is 11.3. The lowest BCUT2D eigenvalue weighted by atomic mass is 10.1. The Morgan fingerprint density at radius 3 is 2.00 bits per heavy atom. The van der Waals surface area contributed by atoms with E-state index in [0.29, 0.717) is 19.4 Å². The van der Waals surface area contributed by atoms with E-state index in [9.17, 15) is 18.4 Å². The predicted molar refractivity (Wildman–Crippen MR) is 113 cm³/mol. The predicted octanol–water partition coefficient (Wildman–Crippen LogP) is 6.64. The molecule has 0 spiro atoms. The van der Waals surface area contributed by atoms with E-state index in [2.05, 4.69) is 6.92 Å². The average Bonchev–Trinajstić information content (AvgIpc) is 2.73. The fourth-order valence-electron chi connectivity index (χ4n) is 3.09. The molecule has 0 saturated heterocycles. The van der Waals surface area contributed by atoms with Crippen LogP contribution < -0.4 is 0 Å². The van der Waals surface area contributed by atoms with Gasteiger partial charge in [0.2, 0.25) is 0 Å². The van der Waals surface area contributed by atoms with Crippen LogP contribution in [0.1, 0.15) is 96.0 Å². The van der Waals surface area contributed by atoms with E-state index >= 15 is 0 Å². The molecule has 0 N–H and O–H groups in total. The Morgan fingerprint density at radius 1 is 0.767 bits per heavy atom. The Balaban J connectivity index is 1.92. The number of benzene rings is 1. The van der Waals surface area contributed by atoms with E-state index in [1.54, 1.807) is 0 Å². The minimum atomic E-state index is -0.583. The molecule has 0 aromatic heterocycles. The summed E-state index contributed by atoms with van der Waals surface area (Å²) in [4.78, 5) is 23.3. The van der Waals surface area contributed by atoms with E-state index < -0.39 is 17.6 Å². The first-order valence-corrected chi connectivity index (χ1v) is 11.3. The van der Waals surface area contributed by atoms with Gasteiger partial charge in [-0.25, -0.2) is 8.78 Å². The number of halogens is 2. The van der Waals surface area contributed by atoms with Gasteiger partial charge in [-0.3, -0.25) is 9.59 Å². The number of carbonyl (C=O) groups is 2. The van der Waals surface area contributed by atoms with Gasteiger partial charge in [0, 0.05) is 18.4 Å². The average molecular weight is 427 g/mol. The summed E-state index contributed by atoms with van der Waals surface area (Å²) in [7, 11) is 0. The van der Waals surface area contributed by atoms with Crippen molar-refractivity contribution in [3.8, 4) is 0 Å². The van der Waals surface area contributed by atoms with Crippen LogP contribution in [0.3, 0.4) is 0 Å². The third-order valence-electron chi connectivity index (χ3n) is 4.92. The number of unbranched alkanes of at least 4 members (excludes halogenated alkanes) is 9. The third-order valence-corrected chi connectivity index (χ3v) is 4.92. The van der Waals surface area contributed by atoms with Crippen LogP contribution in [0, 0.1) is 11.6 Å². The molecule has 1 aromatic rings. The molecule has 170 valence electrons. The second-order valence-corrected chi connectivity index (χ2v) is 7.65. The minimum Gasteiger partial charge on any atom is -0.466 e. The Morgan fingerprint density at radius 2 is 1.33 bits per heavy atom. The molecule has 0 heterocycles. The summed E-state index contributed by atoms with van der Waals surface area (Å²) < 4.78 is 36.7. The second kappa shape index (κ2) is 16.8. The molecule has 0 aliphatic rings. The van der Waals surface area contributed by atoms with Crippen LogP contribution in [-0.4, -0.2) is 18.5 Å². The van der Waals surface area contributed by atoms with Crippen molar-refractivity contribution in [1.29, 1.82) is 0 Å². The maximum Gasteiger partial charge on any atom is 0.306 e. The maximum absolute atomic E-state index is 13.5. The lowest BCUT2D eigenvalue weighted by Crippen LogP contribution is -2.06. The molecule has 1 rings (SSSR count). The molecule has 1 aromatic carbocycles. The zero-order valence-electron chi connectivity index (χ0n) is 18.2. The molecule has 0 bridgehead atoms. The molecule has 0 amide bonds. The molecule has 0 aliphatic heterocycles. The number of hydrogen-bond donors (Lipinski definition) is 0. The van der Waals surface area contributed by atoms with Gasteiger partial charge in [0.05, 0.1) is 6.61 Å². The zero-order valence-corrected chi connectivity index (χ0v) is 18.2. The monoisotopic (exact) mass is 426 g/mol. The standard InChI is InChI=1S/C24H36F2O4/c1-2-3-4-9-12-17-29-23(27)13-10-7-5-6-8-11-14-24(28)30-19-20-18-21(25)15-16-22(20)26/h15-16,18H,2-14,17,19H2,1H3. The highest BCUT2D eigenvalue weighted by Crippen LogP contribution is 2.13. The molecular formula is C24H36F2O4. The highest BCUT2D eigenvalue weighted by Gasteiger charge is 2.08. The van der Waals surface area contributed by atoms with Gasteiger partial charge in [-0.05, 0) is 37.5 Å². The highest BCUT2D eigenvalue weighted by atomic mass is 19.1. The molecular weight excluding hydrogens is 390 g/mol. The fourth-order valence-corrected chi connectivity index (χ4v) is 3.09. The van der Waals surface area contributed by atoms with Gasteiger partial charge in [-0.1, -0.05) is 58.3 Å². The van der Waals surface area contributed by atoms with E-state index in [4.69, 9.17) is 9.47 Å².